The van der Waals surface area contributed by atoms with Gasteiger partial charge in [0.2, 0.25) is 0 Å². The van der Waals surface area contributed by atoms with Gasteiger partial charge < -0.3 is 34.9 Å². The SMILES string of the molecule is CC.CNC(=O)c1ccc(NCC#Cc2cc3c(NC4CCC(N5CCC6(CC5)COC6)CC4)cccc3n2CC(F)(F)F)c(OC)c1. The molecular formula is C37H48F3N5O3. The van der Waals surface area contributed by atoms with E-state index in [4.69, 9.17) is 9.47 Å². The lowest BCUT2D eigenvalue weighted by Crippen LogP contribution is -2.53. The minimum atomic E-state index is -4.40. The van der Waals surface area contributed by atoms with E-state index in [1.165, 1.54) is 24.5 Å². The van der Waals surface area contributed by atoms with Crippen molar-refractivity contribution in [3.05, 3.63) is 53.7 Å². The summed E-state index contributed by atoms with van der Waals surface area (Å²) in [6.07, 6.45) is 2.35. The van der Waals surface area contributed by atoms with E-state index in [0.29, 0.717) is 39.7 Å². The molecule has 0 bridgehead atoms. The van der Waals surface area contributed by atoms with Gasteiger partial charge >= 0.3 is 6.18 Å². The van der Waals surface area contributed by atoms with Crippen LogP contribution in [-0.2, 0) is 11.3 Å². The Balaban J connectivity index is 0.00000221. The number of anilines is 2. The van der Waals surface area contributed by atoms with Crippen LogP contribution in [0.1, 0.15) is 68.4 Å². The summed E-state index contributed by atoms with van der Waals surface area (Å²) in [6, 6.07) is 13.1. The number of rotatable bonds is 8. The first-order chi connectivity index (χ1) is 23.2. The van der Waals surface area contributed by atoms with Gasteiger partial charge in [-0.25, -0.2) is 0 Å². The second kappa shape index (κ2) is 15.6. The third kappa shape index (κ3) is 8.21. The Hall–Kier alpha value is -3.88. The zero-order valence-corrected chi connectivity index (χ0v) is 28.4. The molecule has 2 aliphatic heterocycles. The molecule has 48 heavy (non-hydrogen) atoms. The molecule has 3 aromatic rings. The van der Waals surface area contributed by atoms with E-state index in [1.807, 2.05) is 26.0 Å². The molecule has 2 saturated heterocycles. The van der Waals surface area contributed by atoms with Crippen LogP contribution in [0.5, 0.6) is 5.75 Å². The highest BCUT2D eigenvalue weighted by molar-refractivity contribution is 5.95. The summed E-state index contributed by atoms with van der Waals surface area (Å²) in [7, 11) is 3.05. The topological polar surface area (TPSA) is 79.8 Å². The Bertz CT molecular complexity index is 1600. The highest BCUT2D eigenvalue weighted by Gasteiger charge is 2.42. The Morgan fingerprint density at radius 1 is 1.04 bits per heavy atom. The maximum absolute atomic E-state index is 13.7. The van der Waals surface area contributed by atoms with Crippen LogP contribution >= 0.6 is 0 Å². The van der Waals surface area contributed by atoms with Gasteiger partial charge in [0, 0.05) is 41.2 Å². The third-order valence-corrected chi connectivity index (χ3v) is 9.81. The standard InChI is InChI=1S/C35H42F3N5O3.C2H6/c1-39-33(44)24-8-13-30(32(19-24)45-2)40-16-4-5-27-20-28-29(6-3-7-31(28)43(27)21-35(36,37)38)41-25-9-11-26(12-10-25)42-17-14-34(15-18-42)22-46-23-34;1-2/h3,6-8,13,19-20,25-26,40-41H,9-12,14-18,21-23H2,1-2H3,(H,39,44);1-2H3. The predicted octanol–water partition coefficient (Wildman–Crippen LogP) is 6.90. The number of methoxy groups -OCH3 is 1. The molecule has 260 valence electrons. The van der Waals surface area contributed by atoms with Crippen molar-refractivity contribution in [3.63, 3.8) is 0 Å². The van der Waals surface area contributed by atoms with E-state index in [-0.39, 0.29) is 18.5 Å². The molecule has 0 unspecified atom stereocenters. The lowest BCUT2D eigenvalue weighted by atomic mass is 9.76. The van der Waals surface area contributed by atoms with Crippen LogP contribution in [-0.4, -0.2) is 80.6 Å². The van der Waals surface area contributed by atoms with E-state index in [9.17, 15) is 18.0 Å². The Morgan fingerprint density at radius 2 is 1.77 bits per heavy atom. The number of hydrogen-bond donors (Lipinski definition) is 3. The highest BCUT2D eigenvalue weighted by Crippen LogP contribution is 2.40. The number of fused-ring (bicyclic) bond motifs is 1. The number of aromatic nitrogens is 1. The molecule has 1 amide bonds. The number of carbonyl (C=O) groups is 1. The molecule has 11 heteroatoms. The smallest absolute Gasteiger partial charge is 0.406 e. The molecule has 8 nitrogen and oxygen atoms in total. The number of piperidine rings is 1. The van der Waals surface area contributed by atoms with Crippen LogP contribution in [0.25, 0.3) is 10.9 Å². The van der Waals surface area contributed by atoms with Gasteiger partial charge in [-0.3, -0.25) is 4.79 Å². The summed E-state index contributed by atoms with van der Waals surface area (Å²) in [5, 5.41) is 10.1. The van der Waals surface area contributed by atoms with Crippen LogP contribution in [0, 0.1) is 17.3 Å². The first-order valence-corrected chi connectivity index (χ1v) is 17.1. The number of nitrogens with zero attached hydrogens (tertiary/aromatic N) is 2. The molecule has 1 saturated carbocycles. The molecule has 6 rings (SSSR count). The molecular weight excluding hydrogens is 619 g/mol. The van der Waals surface area contributed by atoms with E-state index in [0.717, 1.165) is 63.1 Å². The second-order valence-electron chi connectivity index (χ2n) is 12.8. The van der Waals surface area contributed by atoms with Crippen molar-refractivity contribution in [2.24, 2.45) is 5.41 Å². The number of ether oxygens (including phenoxy) is 2. The summed E-state index contributed by atoms with van der Waals surface area (Å²) in [5.74, 6) is 6.16. The molecule has 1 spiro atoms. The number of amides is 1. The van der Waals surface area contributed by atoms with Crippen LogP contribution in [0.4, 0.5) is 24.5 Å². The summed E-state index contributed by atoms with van der Waals surface area (Å²) >= 11 is 0. The normalized spacial score (nSPS) is 20.5. The fraction of sp³-hybridized carbons (Fsp3) is 0.541. The first kappa shape index (κ1) is 35.4. The summed E-state index contributed by atoms with van der Waals surface area (Å²) in [5.41, 5.74) is 3.15. The Kier molecular flexibility index (Phi) is 11.5. The largest absolute Gasteiger partial charge is 0.495 e. The Labute approximate surface area is 281 Å². The molecule has 0 radical (unpaired) electrons. The number of likely N-dealkylation sites (tertiary alicyclic amines) is 1. The van der Waals surface area contributed by atoms with Crippen LogP contribution in [0.2, 0.25) is 0 Å². The minimum Gasteiger partial charge on any atom is -0.495 e. The van der Waals surface area contributed by atoms with Gasteiger partial charge in [-0.15, -0.1) is 0 Å². The zero-order chi connectivity index (χ0) is 34.3. The number of carbonyl (C=O) groups excluding carboxylic acids is 1. The number of alkyl halides is 3. The molecule has 2 aromatic carbocycles. The lowest BCUT2D eigenvalue weighted by Gasteiger charge is -2.49. The summed E-state index contributed by atoms with van der Waals surface area (Å²) in [6.45, 7) is 7.18. The monoisotopic (exact) mass is 667 g/mol. The van der Waals surface area contributed by atoms with Crippen LogP contribution in [0.15, 0.2) is 42.5 Å². The number of nitrogens with one attached hydrogen (secondary N) is 3. The quantitative estimate of drug-likeness (QED) is 0.227. The van der Waals surface area contributed by atoms with Crippen LogP contribution < -0.4 is 20.7 Å². The van der Waals surface area contributed by atoms with Gasteiger partial charge in [0.05, 0.1) is 43.8 Å². The second-order valence-corrected chi connectivity index (χ2v) is 12.8. The molecule has 1 aliphatic carbocycles. The van der Waals surface area contributed by atoms with Gasteiger partial charge in [-0.05, 0) is 93.9 Å². The van der Waals surface area contributed by atoms with Crippen molar-refractivity contribution < 1.29 is 27.4 Å². The molecule has 3 heterocycles. The molecule has 1 aromatic heterocycles. The van der Waals surface area contributed by atoms with E-state index < -0.39 is 12.7 Å². The van der Waals surface area contributed by atoms with E-state index >= 15 is 0 Å². The predicted molar refractivity (Wildman–Crippen MR) is 185 cm³/mol. The van der Waals surface area contributed by atoms with Crippen molar-refractivity contribution in [2.45, 2.75) is 77.2 Å². The number of hydrogen-bond acceptors (Lipinski definition) is 6. The zero-order valence-electron chi connectivity index (χ0n) is 28.4. The van der Waals surface area contributed by atoms with Gasteiger partial charge in [-0.2, -0.15) is 13.2 Å². The molecule has 3 aliphatic rings. The number of benzene rings is 2. The molecule has 0 atom stereocenters. The fourth-order valence-corrected chi connectivity index (χ4v) is 7.11. The summed E-state index contributed by atoms with van der Waals surface area (Å²) < 4.78 is 53.3. The summed E-state index contributed by atoms with van der Waals surface area (Å²) in [4.78, 5) is 14.6. The maximum atomic E-state index is 13.7. The van der Waals surface area contributed by atoms with Gasteiger partial charge in [0.1, 0.15) is 12.3 Å². The minimum absolute atomic E-state index is 0.170. The molecule has 3 N–H and O–H groups in total. The number of halogens is 3. The van der Waals surface area contributed by atoms with E-state index in [1.54, 1.807) is 37.4 Å². The fourth-order valence-electron chi connectivity index (χ4n) is 7.11. The third-order valence-electron chi connectivity index (χ3n) is 9.81. The van der Waals surface area contributed by atoms with E-state index in [2.05, 4.69) is 32.7 Å². The average Bonchev–Trinajstić information content (AvgIpc) is 3.43. The van der Waals surface area contributed by atoms with Crippen molar-refractivity contribution in [3.8, 4) is 17.6 Å². The van der Waals surface area contributed by atoms with Crippen molar-refractivity contribution in [1.82, 2.24) is 14.8 Å². The first-order valence-electron chi connectivity index (χ1n) is 17.1. The van der Waals surface area contributed by atoms with Crippen molar-refractivity contribution >= 4 is 28.2 Å². The maximum Gasteiger partial charge on any atom is 0.406 e. The highest BCUT2D eigenvalue weighted by atomic mass is 19.4. The molecule has 3 fully saturated rings. The van der Waals surface area contributed by atoms with Crippen molar-refractivity contribution in [2.75, 3.05) is 57.6 Å². The Morgan fingerprint density at radius 3 is 2.40 bits per heavy atom. The van der Waals surface area contributed by atoms with Gasteiger partial charge in [0.25, 0.3) is 5.91 Å². The lowest BCUT2D eigenvalue weighted by molar-refractivity contribution is -0.143. The van der Waals surface area contributed by atoms with Gasteiger partial charge in [-0.1, -0.05) is 25.8 Å². The van der Waals surface area contributed by atoms with Crippen LogP contribution in [0.3, 0.4) is 0 Å². The average molecular weight is 668 g/mol. The van der Waals surface area contributed by atoms with Gasteiger partial charge in [0.15, 0.2) is 0 Å². The van der Waals surface area contributed by atoms with Crippen molar-refractivity contribution in [1.29, 1.82) is 0 Å².